The Kier molecular flexibility index (Phi) is 8.36. The highest BCUT2D eigenvalue weighted by molar-refractivity contribution is 5.95. The van der Waals surface area contributed by atoms with Gasteiger partial charge in [0.1, 0.15) is 0 Å². The summed E-state index contributed by atoms with van der Waals surface area (Å²) in [6.45, 7) is 12.6. The number of carbonyl (C=O) groups is 3. The third-order valence-electron chi connectivity index (χ3n) is 6.47. The molecule has 1 saturated heterocycles. The Labute approximate surface area is 202 Å². The molecule has 3 amide bonds. The molecule has 0 bridgehead atoms. The van der Waals surface area contributed by atoms with Crippen molar-refractivity contribution in [2.45, 2.75) is 53.1 Å². The van der Waals surface area contributed by atoms with Crippen molar-refractivity contribution in [2.24, 2.45) is 5.92 Å². The lowest BCUT2D eigenvalue weighted by molar-refractivity contribution is -0.139. The molecule has 0 radical (unpaired) electrons. The number of esters is 1. The van der Waals surface area contributed by atoms with Crippen LogP contribution < -0.4 is 5.32 Å². The molecular formula is C26H38N4O4. The van der Waals surface area contributed by atoms with Crippen molar-refractivity contribution in [3.63, 3.8) is 0 Å². The van der Waals surface area contributed by atoms with E-state index in [1.807, 2.05) is 36.1 Å². The first-order valence-electron chi connectivity index (χ1n) is 12.1. The number of aryl methyl sites for hydroxylation is 1. The summed E-state index contributed by atoms with van der Waals surface area (Å²) in [4.78, 5) is 44.3. The van der Waals surface area contributed by atoms with Gasteiger partial charge in [0.25, 0.3) is 0 Å². The lowest BCUT2D eigenvalue weighted by Crippen LogP contribution is -2.56. The third-order valence-corrected chi connectivity index (χ3v) is 6.47. The highest BCUT2D eigenvalue weighted by Crippen LogP contribution is 2.32. The van der Waals surface area contributed by atoms with Crippen LogP contribution in [-0.2, 0) is 14.3 Å². The van der Waals surface area contributed by atoms with E-state index in [0.717, 1.165) is 11.1 Å². The number of urea groups is 1. The molecule has 3 rings (SSSR count). The predicted molar refractivity (Wildman–Crippen MR) is 131 cm³/mol. The number of rotatable bonds is 7. The maximum atomic E-state index is 13.1. The van der Waals surface area contributed by atoms with Crippen LogP contribution in [0.15, 0.2) is 35.5 Å². The van der Waals surface area contributed by atoms with Gasteiger partial charge in [-0.25, -0.2) is 9.59 Å². The normalized spacial score (nSPS) is 21.7. The van der Waals surface area contributed by atoms with Gasteiger partial charge in [0.05, 0.1) is 18.2 Å². The van der Waals surface area contributed by atoms with Crippen LogP contribution in [0, 0.1) is 12.8 Å². The Hall–Kier alpha value is -2.87. The Morgan fingerprint density at radius 3 is 2.44 bits per heavy atom. The van der Waals surface area contributed by atoms with E-state index in [4.69, 9.17) is 4.74 Å². The predicted octanol–water partition coefficient (Wildman–Crippen LogP) is 3.09. The number of nitrogens with one attached hydrogen (secondary N) is 1. The van der Waals surface area contributed by atoms with Crippen LogP contribution in [0.25, 0.3) is 0 Å². The lowest BCUT2D eigenvalue weighted by Gasteiger charge is -2.42. The number of piperazine rings is 1. The molecule has 0 aliphatic carbocycles. The second-order valence-corrected chi connectivity index (χ2v) is 9.70. The number of likely N-dealkylation sites (N-methyl/N-ethyl adjacent to an activating group) is 1. The lowest BCUT2D eigenvalue weighted by atomic mass is 9.93. The van der Waals surface area contributed by atoms with Gasteiger partial charge in [-0.1, -0.05) is 43.7 Å². The quantitative estimate of drug-likeness (QED) is 0.620. The standard InChI is InChI=1S/C26H38N4O4/c1-7-34-25(32)23-21(16-29-12-13-30(19(5)15-29)22(31)14-17(2)3)28(6)26(33)27-24(23)20-10-8-18(4)9-11-20/h8-11,17,19,24H,7,12-16H2,1-6H3,(H,27,33)/t19-,24+/m1/s1. The van der Waals surface area contributed by atoms with Crippen molar-refractivity contribution in [3.05, 3.63) is 46.7 Å². The van der Waals surface area contributed by atoms with Gasteiger partial charge in [-0.05, 0) is 32.3 Å². The van der Waals surface area contributed by atoms with Crippen LogP contribution in [-0.4, -0.2) is 78.5 Å². The molecule has 0 aromatic heterocycles. The summed E-state index contributed by atoms with van der Waals surface area (Å²) in [6, 6.07) is 7.03. The van der Waals surface area contributed by atoms with Crippen molar-refractivity contribution in [2.75, 3.05) is 39.8 Å². The molecule has 1 fully saturated rings. The molecule has 8 nitrogen and oxygen atoms in total. The molecule has 186 valence electrons. The summed E-state index contributed by atoms with van der Waals surface area (Å²) < 4.78 is 5.42. The van der Waals surface area contributed by atoms with Crippen molar-refractivity contribution in [3.8, 4) is 0 Å². The highest BCUT2D eigenvalue weighted by atomic mass is 16.5. The van der Waals surface area contributed by atoms with E-state index < -0.39 is 12.0 Å². The zero-order valence-electron chi connectivity index (χ0n) is 21.3. The number of ether oxygens (including phenoxy) is 1. The molecule has 0 spiro atoms. The van der Waals surface area contributed by atoms with Crippen molar-refractivity contribution < 1.29 is 19.1 Å². The molecule has 1 N–H and O–H groups in total. The molecule has 2 atom stereocenters. The number of carbonyl (C=O) groups excluding carboxylic acids is 3. The summed E-state index contributed by atoms with van der Waals surface area (Å²) in [6.07, 6.45) is 0.545. The van der Waals surface area contributed by atoms with Crippen LogP contribution in [0.2, 0.25) is 0 Å². The molecule has 1 aromatic carbocycles. The van der Waals surface area contributed by atoms with E-state index in [2.05, 4.69) is 31.0 Å². The highest BCUT2D eigenvalue weighted by Gasteiger charge is 2.38. The largest absolute Gasteiger partial charge is 0.463 e. The molecular weight excluding hydrogens is 432 g/mol. The second-order valence-electron chi connectivity index (χ2n) is 9.70. The van der Waals surface area contributed by atoms with Gasteiger partial charge in [0.2, 0.25) is 5.91 Å². The first kappa shape index (κ1) is 25.7. The van der Waals surface area contributed by atoms with Gasteiger partial charge in [0, 0.05) is 51.4 Å². The van der Waals surface area contributed by atoms with E-state index in [-0.39, 0.29) is 24.6 Å². The molecule has 2 heterocycles. The van der Waals surface area contributed by atoms with Crippen LogP contribution in [0.3, 0.4) is 0 Å². The van der Waals surface area contributed by atoms with Crippen LogP contribution in [0.5, 0.6) is 0 Å². The Balaban J connectivity index is 1.89. The molecule has 8 heteroatoms. The molecule has 0 saturated carbocycles. The van der Waals surface area contributed by atoms with Crippen LogP contribution in [0.4, 0.5) is 4.79 Å². The number of benzene rings is 1. The zero-order valence-corrected chi connectivity index (χ0v) is 21.3. The fraction of sp³-hybridized carbons (Fsp3) is 0.577. The minimum atomic E-state index is -0.579. The Bertz CT molecular complexity index is 941. The second kappa shape index (κ2) is 11.0. The molecule has 34 heavy (non-hydrogen) atoms. The number of hydrogen-bond acceptors (Lipinski definition) is 5. The van der Waals surface area contributed by atoms with E-state index in [0.29, 0.717) is 49.8 Å². The molecule has 1 aromatic rings. The van der Waals surface area contributed by atoms with E-state index >= 15 is 0 Å². The maximum absolute atomic E-state index is 13.1. The van der Waals surface area contributed by atoms with Crippen molar-refractivity contribution in [1.29, 1.82) is 0 Å². The van der Waals surface area contributed by atoms with Gasteiger partial charge in [-0.2, -0.15) is 0 Å². The van der Waals surface area contributed by atoms with Gasteiger partial charge >= 0.3 is 12.0 Å². The van der Waals surface area contributed by atoms with Gasteiger partial charge in [-0.3, -0.25) is 14.6 Å². The smallest absolute Gasteiger partial charge is 0.338 e. The summed E-state index contributed by atoms with van der Waals surface area (Å²) in [5.74, 6) is 0.0824. The van der Waals surface area contributed by atoms with Crippen molar-refractivity contribution in [1.82, 2.24) is 20.0 Å². The van der Waals surface area contributed by atoms with Gasteiger partial charge < -0.3 is 15.0 Å². The van der Waals surface area contributed by atoms with E-state index in [9.17, 15) is 14.4 Å². The first-order chi connectivity index (χ1) is 16.1. The summed E-state index contributed by atoms with van der Waals surface area (Å²) >= 11 is 0. The van der Waals surface area contributed by atoms with Gasteiger partial charge in [-0.15, -0.1) is 0 Å². The first-order valence-corrected chi connectivity index (χ1v) is 12.1. The fourth-order valence-electron chi connectivity index (χ4n) is 4.63. The Morgan fingerprint density at radius 1 is 1.18 bits per heavy atom. The zero-order chi connectivity index (χ0) is 25.0. The summed E-state index contributed by atoms with van der Waals surface area (Å²) in [5.41, 5.74) is 3.04. The Morgan fingerprint density at radius 2 is 1.85 bits per heavy atom. The minimum absolute atomic E-state index is 0.0577. The third kappa shape index (κ3) is 5.78. The summed E-state index contributed by atoms with van der Waals surface area (Å²) in [5, 5.41) is 2.96. The van der Waals surface area contributed by atoms with E-state index in [1.165, 1.54) is 4.90 Å². The monoisotopic (exact) mass is 470 g/mol. The van der Waals surface area contributed by atoms with Crippen molar-refractivity contribution >= 4 is 17.9 Å². The minimum Gasteiger partial charge on any atom is -0.463 e. The molecule has 2 aliphatic rings. The SMILES string of the molecule is CCOC(=O)C1=C(CN2CCN(C(=O)CC(C)C)[C@H](C)C2)N(C)C(=O)N[C@H]1c1ccc(C)cc1. The summed E-state index contributed by atoms with van der Waals surface area (Å²) in [7, 11) is 1.68. The number of amides is 3. The maximum Gasteiger partial charge on any atom is 0.338 e. The van der Waals surface area contributed by atoms with Gasteiger partial charge in [0.15, 0.2) is 0 Å². The molecule has 2 aliphatic heterocycles. The number of hydrogen-bond donors (Lipinski definition) is 1. The molecule has 0 unspecified atom stereocenters. The average molecular weight is 471 g/mol. The van der Waals surface area contributed by atoms with Crippen LogP contribution >= 0.6 is 0 Å². The topological polar surface area (TPSA) is 82.2 Å². The van der Waals surface area contributed by atoms with E-state index in [1.54, 1.807) is 14.0 Å². The number of nitrogens with zero attached hydrogens (tertiary/aromatic N) is 3. The van der Waals surface area contributed by atoms with Crippen LogP contribution in [0.1, 0.15) is 51.3 Å². The average Bonchev–Trinajstić information content (AvgIpc) is 2.77. The fourth-order valence-corrected chi connectivity index (χ4v) is 4.63.